The number of primary amides is 1. The average molecular weight is 469 g/mol. The predicted octanol–water partition coefficient (Wildman–Crippen LogP) is 5.46. The average Bonchev–Trinajstić information content (AvgIpc) is 3.18. The van der Waals surface area contributed by atoms with Crippen LogP contribution in [0.5, 0.6) is 5.75 Å². The Labute approximate surface area is 205 Å². The first-order valence-corrected chi connectivity index (χ1v) is 11.2. The summed E-state index contributed by atoms with van der Waals surface area (Å²) in [4.78, 5) is 25.4. The van der Waals surface area contributed by atoms with Crippen molar-refractivity contribution in [2.45, 2.75) is 19.3 Å². The summed E-state index contributed by atoms with van der Waals surface area (Å²) in [5.74, 6) is -0.487. The lowest BCUT2D eigenvalue weighted by molar-refractivity contribution is -0.136. The summed E-state index contributed by atoms with van der Waals surface area (Å²) in [6.45, 7) is 0. The molecule has 0 aliphatic heterocycles. The van der Waals surface area contributed by atoms with Crippen LogP contribution in [0, 0.1) is 0 Å². The highest BCUT2D eigenvalue weighted by Crippen LogP contribution is 2.23. The molecule has 6 heteroatoms. The van der Waals surface area contributed by atoms with Crippen LogP contribution in [0.2, 0.25) is 0 Å². The molecule has 4 rings (SSSR count). The molecule has 1 aliphatic rings. The summed E-state index contributed by atoms with van der Waals surface area (Å²) < 4.78 is 5.08. The Morgan fingerprint density at radius 2 is 1.66 bits per heavy atom. The number of benzene rings is 2. The molecule has 6 nitrogen and oxygen atoms in total. The van der Waals surface area contributed by atoms with Gasteiger partial charge in [0.05, 0.1) is 7.11 Å². The van der Waals surface area contributed by atoms with Crippen molar-refractivity contribution in [3.05, 3.63) is 114 Å². The Bertz CT molecular complexity index is 1240. The van der Waals surface area contributed by atoms with Gasteiger partial charge in [-0.05, 0) is 64.9 Å². The van der Waals surface area contributed by atoms with Gasteiger partial charge in [-0.2, -0.15) is 0 Å². The maximum atomic E-state index is 11.0. The van der Waals surface area contributed by atoms with Crippen LogP contribution in [0.3, 0.4) is 0 Å². The first kappa shape index (κ1) is 25.2. The van der Waals surface area contributed by atoms with E-state index in [-0.39, 0.29) is 12.1 Å². The van der Waals surface area contributed by atoms with Crippen LogP contribution < -0.4 is 10.5 Å². The van der Waals surface area contributed by atoms with Crippen LogP contribution in [0.4, 0.5) is 0 Å². The Morgan fingerprint density at radius 1 is 0.943 bits per heavy atom. The Hall–Kier alpha value is -4.45. The van der Waals surface area contributed by atoms with Crippen LogP contribution in [-0.2, 0) is 11.2 Å². The smallest absolute Gasteiger partial charge is 0.303 e. The first-order chi connectivity index (χ1) is 17.0. The monoisotopic (exact) mass is 468 g/mol. The van der Waals surface area contributed by atoms with Gasteiger partial charge in [0.1, 0.15) is 11.4 Å². The fourth-order valence-electron chi connectivity index (χ4n) is 3.46. The number of nitrogens with zero attached hydrogens (tertiary/aromatic N) is 1. The van der Waals surface area contributed by atoms with Crippen molar-refractivity contribution < 1.29 is 19.4 Å². The van der Waals surface area contributed by atoms with Gasteiger partial charge in [-0.15, -0.1) is 0 Å². The number of hydrogen-bond donors (Lipinski definition) is 2. The van der Waals surface area contributed by atoms with Crippen molar-refractivity contribution in [2.75, 3.05) is 7.11 Å². The molecule has 35 heavy (non-hydrogen) atoms. The van der Waals surface area contributed by atoms with Crippen LogP contribution in [0.1, 0.15) is 34.5 Å². The fourth-order valence-corrected chi connectivity index (χ4v) is 3.46. The Balaban J connectivity index is 0.000000196. The lowest BCUT2D eigenvalue weighted by atomic mass is 10.00. The van der Waals surface area contributed by atoms with E-state index >= 15 is 0 Å². The van der Waals surface area contributed by atoms with Gasteiger partial charge in [0, 0.05) is 12.6 Å². The molecule has 3 N–H and O–H groups in total. The number of carbonyl (C=O) groups excluding carboxylic acids is 1. The topological polar surface area (TPSA) is 103 Å². The molecule has 0 saturated heterocycles. The molecule has 178 valence electrons. The van der Waals surface area contributed by atoms with E-state index in [9.17, 15) is 9.59 Å². The highest BCUT2D eigenvalue weighted by atomic mass is 16.5. The number of ether oxygens (including phenoxy) is 1. The van der Waals surface area contributed by atoms with Gasteiger partial charge in [0.25, 0.3) is 5.91 Å². The lowest BCUT2D eigenvalue weighted by Gasteiger charge is -2.05. The number of rotatable bonds is 7. The molecule has 1 amide bonds. The number of amides is 1. The third-order valence-electron chi connectivity index (χ3n) is 5.38. The van der Waals surface area contributed by atoms with Crippen LogP contribution in [0.25, 0.3) is 16.7 Å². The van der Waals surface area contributed by atoms with E-state index in [0.717, 1.165) is 28.9 Å². The van der Waals surface area contributed by atoms with Crippen molar-refractivity contribution in [1.29, 1.82) is 0 Å². The molecule has 0 saturated carbocycles. The molecule has 0 bridgehead atoms. The number of allylic oxidation sites excluding steroid dienone is 6. The largest absolute Gasteiger partial charge is 0.497 e. The van der Waals surface area contributed by atoms with E-state index in [2.05, 4.69) is 29.3 Å². The van der Waals surface area contributed by atoms with Gasteiger partial charge in [0.2, 0.25) is 0 Å². The third-order valence-corrected chi connectivity index (χ3v) is 5.38. The van der Waals surface area contributed by atoms with Crippen molar-refractivity contribution in [2.24, 2.45) is 5.73 Å². The van der Waals surface area contributed by atoms with Crippen molar-refractivity contribution >= 4 is 17.4 Å². The van der Waals surface area contributed by atoms with Crippen molar-refractivity contribution in [1.82, 2.24) is 4.98 Å². The molecule has 2 aromatic carbocycles. The molecule has 0 fully saturated rings. The quantitative estimate of drug-likeness (QED) is 0.479. The van der Waals surface area contributed by atoms with Gasteiger partial charge >= 0.3 is 5.97 Å². The maximum absolute atomic E-state index is 11.0. The van der Waals surface area contributed by atoms with Gasteiger partial charge in [0.15, 0.2) is 0 Å². The minimum Gasteiger partial charge on any atom is -0.497 e. The minimum atomic E-state index is -0.749. The second-order valence-electron chi connectivity index (χ2n) is 7.82. The van der Waals surface area contributed by atoms with E-state index in [1.165, 1.54) is 11.1 Å². The number of pyridine rings is 1. The molecule has 1 aliphatic carbocycles. The first-order valence-electron chi connectivity index (χ1n) is 11.2. The van der Waals surface area contributed by atoms with Gasteiger partial charge in [-0.3, -0.25) is 14.6 Å². The van der Waals surface area contributed by atoms with Gasteiger partial charge < -0.3 is 15.6 Å². The number of carboxylic acid groups (broad SMARTS) is 1. The van der Waals surface area contributed by atoms with Gasteiger partial charge in [-0.25, -0.2) is 0 Å². The highest BCUT2D eigenvalue weighted by Gasteiger charge is 2.05. The second kappa shape index (κ2) is 12.7. The molecule has 1 aromatic heterocycles. The van der Waals surface area contributed by atoms with E-state index in [0.29, 0.717) is 6.42 Å². The van der Waals surface area contributed by atoms with Crippen molar-refractivity contribution in [3.63, 3.8) is 0 Å². The third kappa shape index (κ3) is 7.82. The number of aliphatic carboxylic acids is 1. The second-order valence-corrected chi connectivity index (χ2v) is 7.82. The lowest BCUT2D eigenvalue weighted by Crippen LogP contribution is -2.12. The van der Waals surface area contributed by atoms with E-state index < -0.39 is 11.9 Å². The molecule has 1 heterocycles. The van der Waals surface area contributed by atoms with Crippen LogP contribution in [0.15, 0.2) is 97.2 Å². The number of nitrogens with two attached hydrogens (primary N) is 1. The zero-order valence-corrected chi connectivity index (χ0v) is 19.6. The number of carbonyl (C=O) groups is 2. The number of aromatic nitrogens is 1. The minimum absolute atomic E-state index is 0.188. The van der Waals surface area contributed by atoms with E-state index in [1.54, 1.807) is 19.4 Å². The zero-order valence-electron chi connectivity index (χ0n) is 19.6. The Kier molecular flexibility index (Phi) is 9.14. The van der Waals surface area contributed by atoms with E-state index in [1.807, 2.05) is 60.7 Å². The molecule has 0 unspecified atom stereocenters. The molecular weight excluding hydrogens is 440 g/mol. The summed E-state index contributed by atoms with van der Waals surface area (Å²) in [5.41, 5.74) is 10.9. The SMILES string of the molecule is COc1ccc(-c2ccnc(C(N)=O)c2)cc1.O=C(O)CCc1ccc(C2=CC=CC=CC2)cc1. The predicted molar refractivity (Wildman–Crippen MR) is 138 cm³/mol. The summed E-state index contributed by atoms with van der Waals surface area (Å²) in [6, 6.07) is 19.2. The molecule has 0 atom stereocenters. The summed E-state index contributed by atoms with van der Waals surface area (Å²) in [5, 5.41) is 8.64. The number of aryl methyl sites for hydroxylation is 1. The van der Waals surface area contributed by atoms with Crippen LogP contribution in [-0.4, -0.2) is 29.1 Å². The molecule has 3 aromatic rings. The normalized spacial score (nSPS) is 12.1. The fraction of sp³-hybridized carbons (Fsp3) is 0.138. The summed E-state index contributed by atoms with van der Waals surface area (Å²) in [7, 11) is 1.62. The summed E-state index contributed by atoms with van der Waals surface area (Å²) in [6.07, 6.45) is 13.6. The molecule has 0 radical (unpaired) electrons. The van der Waals surface area contributed by atoms with E-state index in [4.69, 9.17) is 15.6 Å². The number of carboxylic acids is 1. The summed E-state index contributed by atoms with van der Waals surface area (Å²) >= 11 is 0. The van der Waals surface area contributed by atoms with Crippen molar-refractivity contribution in [3.8, 4) is 16.9 Å². The van der Waals surface area contributed by atoms with Crippen LogP contribution >= 0.6 is 0 Å². The Morgan fingerprint density at radius 3 is 2.31 bits per heavy atom. The maximum Gasteiger partial charge on any atom is 0.303 e. The standard InChI is InChI=1S/C16H16O2.C13H12N2O2/c17-16(18)12-9-13-7-10-15(11-8-13)14-5-3-1-2-4-6-14;1-17-11-4-2-9(3-5-11)10-6-7-15-12(8-10)13(14)16/h1-5,7-8,10-11H,6,9,12H2,(H,17,18);2-8H,1H3,(H2,14,16). The number of hydrogen-bond acceptors (Lipinski definition) is 4. The molecular formula is C29H28N2O4. The highest BCUT2D eigenvalue weighted by molar-refractivity contribution is 5.92. The van der Waals surface area contributed by atoms with Gasteiger partial charge in [-0.1, -0.05) is 66.8 Å². The number of methoxy groups -OCH3 is 1. The molecule has 0 spiro atoms. The zero-order chi connectivity index (χ0) is 25.0.